The van der Waals surface area contributed by atoms with Crippen molar-refractivity contribution in [1.29, 1.82) is 5.26 Å². The lowest BCUT2D eigenvalue weighted by Gasteiger charge is -2.22. The van der Waals surface area contributed by atoms with Gasteiger partial charge in [0, 0.05) is 39.3 Å². The van der Waals surface area contributed by atoms with Gasteiger partial charge >= 0.3 is 0 Å². The van der Waals surface area contributed by atoms with Crippen LogP contribution in [0.4, 0.5) is 0 Å². The highest BCUT2D eigenvalue weighted by molar-refractivity contribution is 4.98. The average Bonchev–Trinajstić information content (AvgIpc) is 2.59. The molecule has 1 heterocycles. The summed E-state index contributed by atoms with van der Waals surface area (Å²) in [5.74, 6) is 0.613. The number of nitrogens with zero attached hydrogens (tertiary/aromatic N) is 4. The Morgan fingerprint density at radius 1 is 1.56 bits per heavy atom. The third-order valence-corrected chi connectivity index (χ3v) is 2.32. The van der Waals surface area contributed by atoms with Crippen LogP contribution < -0.4 is 0 Å². The molecule has 16 heavy (non-hydrogen) atoms. The molecule has 0 aliphatic rings. The number of rotatable bonds is 6. The highest BCUT2D eigenvalue weighted by Gasteiger charge is 2.09. The van der Waals surface area contributed by atoms with Crippen LogP contribution in [0.5, 0.6) is 0 Å². The van der Waals surface area contributed by atoms with Gasteiger partial charge in [0.05, 0.1) is 11.8 Å². The van der Waals surface area contributed by atoms with Gasteiger partial charge in [0.1, 0.15) is 0 Å². The van der Waals surface area contributed by atoms with Crippen molar-refractivity contribution in [1.82, 2.24) is 14.7 Å². The van der Waals surface area contributed by atoms with Crippen LogP contribution in [0.2, 0.25) is 0 Å². The number of hydrogen-bond donors (Lipinski definition) is 0. The van der Waals surface area contributed by atoms with Crippen molar-refractivity contribution in [3.05, 3.63) is 18.0 Å². The van der Waals surface area contributed by atoms with Gasteiger partial charge < -0.3 is 0 Å². The third-order valence-electron chi connectivity index (χ3n) is 2.32. The first-order valence-electron chi connectivity index (χ1n) is 5.69. The van der Waals surface area contributed by atoms with Crippen molar-refractivity contribution in [3.8, 4) is 6.07 Å². The average molecular weight is 220 g/mol. The fourth-order valence-corrected chi connectivity index (χ4v) is 1.74. The lowest BCUT2D eigenvalue weighted by molar-refractivity contribution is 0.238. The normalized spacial score (nSPS) is 11.0. The molecule has 0 aliphatic carbocycles. The van der Waals surface area contributed by atoms with Gasteiger partial charge in [-0.3, -0.25) is 9.58 Å². The first-order valence-corrected chi connectivity index (χ1v) is 5.69. The van der Waals surface area contributed by atoms with Gasteiger partial charge in [-0.1, -0.05) is 13.8 Å². The maximum atomic E-state index is 8.62. The van der Waals surface area contributed by atoms with E-state index in [2.05, 4.69) is 29.9 Å². The molecule has 1 aromatic heterocycles. The Kier molecular flexibility index (Phi) is 5.00. The quantitative estimate of drug-likeness (QED) is 0.734. The lowest BCUT2D eigenvalue weighted by atomic mass is 10.2. The molecule has 4 heteroatoms. The van der Waals surface area contributed by atoms with Crippen LogP contribution in [-0.4, -0.2) is 27.8 Å². The Bertz CT molecular complexity index is 348. The highest BCUT2D eigenvalue weighted by atomic mass is 15.3. The van der Waals surface area contributed by atoms with Crippen LogP contribution in [0.15, 0.2) is 12.3 Å². The van der Waals surface area contributed by atoms with Crippen LogP contribution >= 0.6 is 0 Å². The van der Waals surface area contributed by atoms with Gasteiger partial charge in [0.25, 0.3) is 0 Å². The summed E-state index contributed by atoms with van der Waals surface area (Å²) in [6.45, 7) is 7.06. The number of nitriles is 1. The summed E-state index contributed by atoms with van der Waals surface area (Å²) in [6, 6.07) is 4.22. The predicted molar refractivity (Wildman–Crippen MR) is 63.6 cm³/mol. The van der Waals surface area contributed by atoms with E-state index in [9.17, 15) is 0 Å². The fourth-order valence-electron chi connectivity index (χ4n) is 1.74. The molecule has 1 rings (SSSR count). The van der Waals surface area contributed by atoms with E-state index >= 15 is 0 Å². The SMILES string of the molecule is CC(C)CN(CCC#N)Cc1ccn(C)n1. The molecule has 0 bridgehead atoms. The smallest absolute Gasteiger partial charge is 0.0764 e. The molecule has 4 nitrogen and oxygen atoms in total. The Labute approximate surface area is 97.5 Å². The minimum atomic E-state index is 0.583. The predicted octanol–water partition coefficient (Wildman–Crippen LogP) is 1.79. The van der Waals surface area contributed by atoms with Crippen molar-refractivity contribution in [2.75, 3.05) is 13.1 Å². The molecule has 0 amide bonds. The molecular weight excluding hydrogens is 200 g/mol. The van der Waals surface area contributed by atoms with E-state index in [1.165, 1.54) is 0 Å². The van der Waals surface area contributed by atoms with Crippen molar-refractivity contribution in [3.63, 3.8) is 0 Å². The van der Waals surface area contributed by atoms with E-state index < -0.39 is 0 Å². The van der Waals surface area contributed by atoms with Gasteiger partial charge in [-0.15, -0.1) is 0 Å². The van der Waals surface area contributed by atoms with E-state index in [-0.39, 0.29) is 0 Å². The maximum absolute atomic E-state index is 8.62. The molecule has 0 N–H and O–H groups in total. The van der Waals surface area contributed by atoms with Gasteiger partial charge in [-0.2, -0.15) is 10.4 Å². The fraction of sp³-hybridized carbons (Fsp3) is 0.667. The van der Waals surface area contributed by atoms with Gasteiger partial charge in [0.15, 0.2) is 0 Å². The summed E-state index contributed by atoms with van der Waals surface area (Å²) in [4.78, 5) is 2.29. The van der Waals surface area contributed by atoms with Crippen molar-refractivity contribution in [2.24, 2.45) is 13.0 Å². The standard InChI is InChI=1S/C12H20N4/c1-11(2)9-16(7-4-6-13)10-12-5-8-15(3)14-12/h5,8,11H,4,7,9-10H2,1-3H3. The second kappa shape index (κ2) is 6.29. The summed E-state index contributed by atoms with van der Waals surface area (Å²) in [6.07, 6.45) is 2.53. The topological polar surface area (TPSA) is 44.9 Å². The molecule has 0 aliphatic heterocycles. The summed E-state index contributed by atoms with van der Waals surface area (Å²) in [5.41, 5.74) is 1.07. The zero-order valence-corrected chi connectivity index (χ0v) is 10.3. The molecule has 0 spiro atoms. The highest BCUT2D eigenvalue weighted by Crippen LogP contribution is 2.06. The van der Waals surface area contributed by atoms with Crippen molar-refractivity contribution >= 4 is 0 Å². The molecule has 0 fully saturated rings. The largest absolute Gasteiger partial charge is 0.296 e. The van der Waals surface area contributed by atoms with E-state index in [1.807, 2.05) is 24.0 Å². The number of hydrogen-bond acceptors (Lipinski definition) is 3. The van der Waals surface area contributed by atoms with Crippen LogP contribution in [0.1, 0.15) is 26.0 Å². The van der Waals surface area contributed by atoms with Crippen molar-refractivity contribution < 1.29 is 0 Å². The molecule has 0 saturated carbocycles. The van der Waals surface area contributed by atoms with E-state index in [0.29, 0.717) is 12.3 Å². The summed E-state index contributed by atoms with van der Waals surface area (Å²) >= 11 is 0. The van der Waals surface area contributed by atoms with Crippen LogP contribution in [0.25, 0.3) is 0 Å². The monoisotopic (exact) mass is 220 g/mol. The second-order valence-electron chi connectivity index (χ2n) is 4.52. The second-order valence-corrected chi connectivity index (χ2v) is 4.52. The third kappa shape index (κ3) is 4.45. The Balaban J connectivity index is 2.52. The molecule has 1 aromatic rings. The molecular formula is C12H20N4. The minimum absolute atomic E-state index is 0.583. The molecule has 0 atom stereocenters. The Hall–Kier alpha value is -1.34. The molecule has 0 unspecified atom stereocenters. The van der Waals surface area contributed by atoms with Crippen LogP contribution in [0, 0.1) is 17.2 Å². The summed E-state index contributed by atoms with van der Waals surface area (Å²) < 4.78 is 1.81. The number of aromatic nitrogens is 2. The van der Waals surface area contributed by atoms with E-state index in [1.54, 1.807) is 0 Å². The zero-order valence-electron chi connectivity index (χ0n) is 10.3. The number of aryl methyl sites for hydroxylation is 1. The van der Waals surface area contributed by atoms with Crippen LogP contribution in [-0.2, 0) is 13.6 Å². The van der Waals surface area contributed by atoms with Crippen LogP contribution in [0.3, 0.4) is 0 Å². The minimum Gasteiger partial charge on any atom is -0.296 e. The molecule has 0 aromatic carbocycles. The van der Waals surface area contributed by atoms with Crippen molar-refractivity contribution in [2.45, 2.75) is 26.8 Å². The zero-order chi connectivity index (χ0) is 12.0. The molecule has 0 radical (unpaired) electrons. The first kappa shape index (κ1) is 12.7. The van der Waals surface area contributed by atoms with E-state index in [4.69, 9.17) is 5.26 Å². The Morgan fingerprint density at radius 3 is 2.81 bits per heavy atom. The summed E-state index contributed by atoms with van der Waals surface area (Å²) in [7, 11) is 1.92. The molecule has 0 saturated heterocycles. The summed E-state index contributed by atoms with van der Waals surface area (Å²) in [5, 5.41) is 13.0. The first-order chi connectivity index (χ1) is 7.61. The van der Waals surface area contributed by atoms with Gasteiger partial charge in [0.2, 0.25) is 0 Å². The van der Waals surface area contributed by atoms with Gasteiger partial charge in [-0.25, -0.2) is 0 Å². The Morgan fingerprint density at radius 2 is 2.31 bits per heavy atom. The van der Waals surface area contributed by atoms with Gasteiger partial charge in [-0.05, 0) is 12.0 Å². The lowest BCUT2D eigenvalue weighted by Crippen LogP contribution is -2.28. The molecule has 88 valence electrons. The maximum Gasteiger partial charge on any atom is 0.0764 e. The van der Waals surface area contributed by atoms with E-state index in [0.717, 1.165) is 25.3 Å².